The SMILES string of the molecule is CNc1cc(C)ccc1C(=O)NC(C)c1ccccc1F. The number of benzene rings is 2. The molecule has 110 valence electrons. The highest BCUT2D eigenvalue weighted by Crippen LogP contribution is 2.20. The molecule has 2 aromatic rings. The van der Waals surface area contributed by atoms with E-state index in [2.05, 4.69) is 10.6 Å². The summed E-state index contributed by atoms with van der Waals surface area (Å²) in [6, 6.07) is 11.6. The van der Waals surface area contributed by atoms with Crippen LogP contribution in [0.5, 0.6) is 0 Å². The van der Waals surface area contributed by atoms with Gasteiger partial charge >= 0.3 is 0 Å². The van der Waals surface area contributed by atoms with Crippen molar-refractivity contribution >= 4 is 11.6 Å². The molecule has 2 N–H and O–H groups in total. The molecule has 21 heavy (non-hydrogen) atoms. The Labute approximate surface area is 124 Å². The van der Waals surface area contributed by atoms with Crippen molar-refractivity contribution in [3.05, 3.63) is 65.0 Å². The Morgan fingerprint density at radius 2 is 1.90 bits per heavy atom. The van der Waals surface area contributed by atoms with Gasteiger partial charge in [-0.3, -0.25) is 4.79 Å². The van der Waals surface area contributed by atoms with Crippen molar-refractivity contribution in [3.8, 4) is 0 Å². The third kappa shape index (κ3) is 3.40. The summed E-state index contributed by atoms with van der Waals surface area (Å²) in [6.07, 6.45) is 0. The normalized spacial score (nSPS) is 11.8. The van der Waals surface area contributed by atoms with E-state index in [4.69, 9.17) is 0 Å². The van der Waals surface area contributed by atoms with Crippen LogP contribution < -0.4 is 10.6 Å². The molecule has 0 saturated heterocycles. The number of amides is 1. The third-order valence-corrected chi connectivity index (χ3v) is 3.41. The smallest absolute Gasteiger partial charge is 0.253 e. The maximum absolute atomic E-state index is 13.7. The second-order valence-electron chi connectivity index (χ2n) is 5.02. The van der Waals surface area contributed by atoms with Crippen LogP contribution in [0.4, 0.5) is 10.1 Å². The molecule has 0 aliphatic heterocycles. The Morgan fingerprint density at radius 1 is 1.19 bits per heavy atom. The number of carbonyl (C=O) groups is 1. The van der Waals surface area contributed by atoms with E-state index in [0.29, 0.717) is 11.1 Å². The molecule has 3 nitrogen and oxygen atoms in total. The molecular weight excluding hydrogens is 267 g/mol. The molecule has 0 radical (unpaired) electrons. The number of aryl methyl sites for hydroxylation is 1. The summed E-state index contributed by atoms with van der Waals surface area (Å²) in [5.74, 6) is -0.543. The van der Waals surface area contributed by atoms with E-state index in [1.807, 2.05) is 19.1 Å². The second-order valence-corrected chi connectivity index (χ2v) is 5.02. The van der Waals surface area contributed by atoms with Crippen LogP contribution in [0.2, 0.25) is 0 Å². The highest BCUT2D eigenvalue weighted by Gasteiger charge is 2.16. The van der Waals surface area contributed by atoms with Gasteiger partial charge < -0.3 is 10.6 Å². The van der Waals surface area contributed by atoms with E-state index < -0.39 is 6.04 Å². The van der Waals surface area contributed by atoms with Crippen molar-refractivity contribution in [2.45, 2.75) is 19.9 Å². The lowest BCUT2D eigenvalue weighted by molar-refractivity contribution is 0.0940. The molecule has 0 fully saturated rings. The Morgan fingerprint density at radius 3 is 2.57 bits per heavy atom. The van der Waals surface area contributed by atoms with E-state index in [1.54, 1.807) is 38.2 Å². The summed E-state index contributed by atoms with van der Waals surface area (Å²) < 4.78 is 13.7. The lowest BCUT2D eigenvalue weighted by Crippen LogP contribution is -2.27. The highest BCUT2D eigenvalue weighted by molar-refractivity contribution is 5.99. The van der Waals surface area contributed by atoms with Crippen LogP contribution in [0, 0.1) is 12.7 Å². The molecule has 0 heterocycles. The van der Waals surface area contributed by atoms with E-state index in [9.17, 15) is 9.18 Å². The molecule has 0 aromatic heterocycles. The zero-order valence-electron chi connectivity index (χ0n) is 12.4. The molecule has 0 aliphatic rings. The Balaban J connectivity index is 2.20. The van der Waals surface area contributed by atoms with Crippen LogP contribution in [0.1, 0.15) is 34.5 Å². The lowest BCUT2D eigenvalue weighted by Gasteiger charge is -2.17. The van der Waals surface area contributed by atoms with Crippen LogP contribution >= 0.6 is 0 Å². The first-order valence-electron chi connectivity index (χ1n) is 6.86. The summed E-state index contributed by atoms with van der Waals surface area (Å²) in [6.45, 7) is 3.73. The van der Waals surface area contributed by atoms with Gasteiger partial charge in [0.2, 0.25) is 0 Å². The molecular formula is C17H19FN2O. The van der Waals surface area contributed by atoms with Crippen molar-refractivity contribution in [3.63, 3.8) is 0 Å². The third-order valence-electron chi connectivity index (χ3n) is 3.41. The number of halogens is 1. The van der Waals surface area contributed by atoms with Crippen LogP contribution in [0.15, 0.2) is 42.5 Å². The Hall–Kier alpha value is -2.36. The van der Waals surface area contributed by atoms with Gasteiger partial charge in [-0.1, -0.05) is 24.3 Å². The van der Waals surface area contributed by atoms with Crippen LogP contribution in [0.3, 0.4) is 0 Å². The van der Waals surface area contributed by atoms with Gasteiger partial charge in [0.25, 0.3) is 5.91 Å². The predicted molar refractivity (Wildman–Crippen MR) is 83.0 cm³/mol. The van der Waals surface area contributed by atoms with E-state index in [1.165, 1.54) is 6.07 Å². The minimum Gasteiger partial charge on any atom is -0.387 e. The molecule has 2 rings (SSSR count). The minimum atomic E-state index is -0.398. The first-order chi connectivity index (χ1) is 10.0. The van der Waals surface area contributed by atoms with Gasteiger partial charge in [-0.05, 0) is 37.6 Å². The summed E-state index contributed by atoms with van der Waals surface area (Å²) in [5, 5.41) is 5.84. The molecule has 1 unspecified atom stereocenters. The Bertz CT molecular complexity index is 655. The number of nitrogens with one attached hydrogen (secondary N) is 2. The number of carbonyl (C=O) groups excluding carboxylic acids is 1. The number of rotatable bonds is 4. The number of hydrogen-bond donors (Lipinski definition) is 2. The number of anilines is 1. The fraction of sp³-hybridized carbons (Fsp3) is 0.235. The van der Waals surface area contributed by atoms with Crippen molar-refractivity contribution in [2.24, 2.45) is 0 Å². The van der Waals surface area contributed by atoms with E-state index in [-0.39, 0.29) is 11.7 Å². The van der Waals surface area contributed by atoms with Gasteiger partial charge in [0.05, 0.1) is 11.6 Å². The molecule has 4 heteroatoms. The zero-order chi connectivity index (χ0) is 15.4. The monoisotopic (exact) mass is 286 g/mol. The van der Waals surface area contributed by atoms with Gasteiger partial charge in [-0.25, -0.2) is 4.39 Å². The van der Waals surface area contributed by atoms with Crippen LogP contribution in [0.25, 0.3) is 0 Å². The molecule has 0 saturated carbocycles. The molecule has 0 bridgehead atoms. The quantitative estimate of drug-likeness (QED) is 0.900. The molecule has 2 aromatic carbocycles. The van der Waals surface area contributed by atoms with Gasteiger partial charge in [0.15, 0.2) is 0 Å². The maximum Gasteiger partial charge on any atom is 0.253 e. The fourth-order valence-electron chi connectivity index (χ4n) is 2.24. The fourth-order valence-corrected chi connectivity index (χ4v) is 2.24. The Kier molecular flexibility index (Phi) is 4.58. The van der Waals surface area contributed by atoms with Crippen molar-refractivity contribution < 1.29 is 9.18 Å². The standard InChI is InChI=1S/C17H19FN2O/c1-11-8-9-14(16(10-11)19-3)17(21)20-12(2)13-6-4-5-7-15(13)18/h4-10,12,19H,1-3H3,(H,20,21). The topological polar surface area (TPSA) is 41.1 Å². The molecule has 0 spiro atoms. The first kappa shape index (κ1) is 15.0. The largest absolute Gasteiger partial charge is 0.387 e. The van der Waals surface area contributed by atoms with Crippen molar-refractivity contribution in [2.75, 3.05) is 12.4 Å². The molecule has 0 aliphatic carbocycles. The zero-order valence-corrected chi connectivity index (χ0v) is 12.4. The second kappa shape index (κ2) is 6.39. The van der Waals surface area contributed by atoms with Gasteiger partial charge in [-0.2, -0.15) is 0 Å². The maximum atomic E-state index is 13.7. The predicted octanol–water partition coefficient (Wildman–Crippen LogP) is 3.67. The summed E-state index contributed by atoms with van der Waals surface area (Å²) in [7, 11) is 1.77. The van der Waals surface area contributed by atoms with Gasteiger partial charge in [0, 0.05) is 18.3 Å². The summed E-state index contributed by atoms with van der Waals surface area (Å²) >= 11 is 0. The number of hydrogen-bond acceptors (Lipinski definition) is 2. The molecule has 1 amide bonds. The van der Waals surface area contributed by atoms with Crippen LogP contribution in [-0.2, 0) is 0 Å². The van der Waals surface area contributed by atoms with E-state index in [0.717, 1.165) is 11.3 Å². The van der Waals surface area contributed by atoms with Gasteiger partial charge in [-0.15, -0.1) is 0 Å². The minimum absolute atomic E-state index is 0.227. The molecule has 1 atom stereocenters. The van der Waals surface area contributed by atoms with Crippen molar-refractivity contribution in [1.29, 1.82) is 0 Å². The highest BCUT2D eigenvalue weighted by atomic mass is 19.1. The van der Waals surface area contributed by atoms with E-state index >= 15 is 0 Å². The van der Waals surface area contributed by atoms with Crippen molar-refractivity contribution in [1.82, 2.24) is 5.32 Å². The summed E-state index contributed by atoms with van der Waals surface area (Å²) in [5.41, 5.74) is 2.85. The van der Waals surface area contributed by atoms with Crippen LogP contribution in [-0.4, -0.2) is 13.0 Å². The summed E-state index contributed by atoms with van der Waals surface area (Å²) in [4.78, 5) is 12.4. The average Bonchev–Trinajstić information content (AvgIpc) is 2.47. The van der Waals surface area contributed by atoms with Gasteiger partial charge in [0.1, 0.15) is 5.82 Å². The first-order valence-corrected chi connectivity index (χ1v) is 6.86. The lowest BCUT2D eigenvalue weighted by atomic mass is 10.1. The average molecular weight is 286 g/mol.